The number of carbonyl (C=O) groups is 1. The number of imidazole rings is 1. The van der Waals surface area contributed by atoms with Crippen LogP contribution in [0.3, 0.4) is 0 Å². The molecule has 3 aromatic rings. The van der Waals surface area contributed by atoms with E-state index in [1.807, 2.05) is 0 Å². The number of anilines is 1. The lowest BCUT2D eigenvalue weighted by Gasteiger charge is -2.14. The molecule has 9 heteroatoms. The minimum Gasteiger partial charge on any atom is -0.490 e. The van der Waals surface area contributed by atoms with Gasteiger partial charge in [-0.05, 0) is 19.9 Å². The number of rotatable bonds is 6. The first-order valence-corrected chi connectivity index (χ1v) is 8.57. The number of halogens is 2. The van der Waals surface area contributed by atoms with Crippen molar-refractivity contribution in [2.45, 2.75) is 32.8 Å². The van der Waals surface area contributed by atoms with Gasteiger partial charge in [-0.2, -0.15) is 13.8 Å². The molecule has 7 nitrogen and oxygen atoms in total. The van der Waals surface area contributed by atoms with E-state index in [9.17, 15) is 13.6 Å². The van der Waals surface area contributed by atoms with Crippen molar-refractivity contribution in [3.63, 3.8) is 0 Å². The topological polar surface area (TPSA) is 77.8 Å². The number of nitrogens with zero attached hydrogens (tertiary/aromatic N) is 3. The highest BCUT2D eigenvalue weighted by molar-refractivity contribution is 6.05. The summed E-state index contributed by atoms with van der Waals surface area (Å²) in [7, 11) is 1.47. The van der Waals surface area contributed by atoms with E-state index < -0.39 is 17.5 Å². The van der Waals surface area contributed by atoms with Gasteiger partial charge in [-0.1, -0.05) is 6.07 Å². The Morgan fingerprint density at radius 3 is 2.64 bits per heavy atom. The van der Waals surface area contributed by atoms with Gasteiger partial charge in [0.05, 0.1) is 18.8 Å². The molecule has 0 aliphatic carbocycles. The molecule has 0 bridgehead atoms. The Balaban J connectivity index is 2.02. The number of alkyl halides is 2. The average molecular weight is 390 g/mol. The van der Waals surface area contributed by atoms with Gasteiger partial charge in [0.2, 0.25) is 5.88 Å². The smallest absolute Gasteiger partial charge is 0.288 e. The summed E-state index contributed by atoms with van der Waals surface area (Å²) in [6.07, 6.45) is 2.37. The maximum absolute atomic E-state index is 13.6. The number of amides is 1. The van der Waals surface area contributed by atoms with E-state index >= 15 is 0 Å². The minimum absolute atomic E-state index is 0.161. The number of fused-ring (bicyclic) bond motifs is 1. The normalized spacial score (nSPS) is 11.7. The molecule has 0 aliphatic heterocycles. The Morgan fingerprint density at radius 2 is 2.00 bits per heavy atom. The number of hydrogen-bond acceptors (Lipinski definition) is 5. The summed E-state index contributed by atoms with van der Waals surface area (Å²) < 4.78 is 39.3. The zero-order valence-corrected chi connectivity index (χ0v) is 15.9. The summed E-state index contributed by atoms with van der Waals surface area (Å²) >= 11 is 0. The second-order valence-corrected chi connectivity index (χ2v) is 6.52. The van der Waals surface area contributed by atoms with Crippen LogP contribution in [0, 0.1) is 0 Å². The molecule has 0 spiro atoms. The fourth-order valence-electron chi connectivity index (χ4n) is 2.53. The van der Waals surface area contributed by atoms with Crippen LogP contribution in [0.1, 0.15) is 36.8 Å². The third-order valence-electron chi connectivity index (χ3n) is 3.79. The van der Waals surface area contributed by atoms with Gasteiger partial charge in [-0.3, -0.25) is 4.79 Å². The third-order valence-corrected chi connectivity index (χ3v) is 3.79. The van der Waals surface area contributed by atoms with Crippen molar-refractivity contribution in [3.8, 4) is 11.6 Å². The Kier molecular flexibility index (Phi) is 5.17. The van der Waals surface area contributed by atoms with Crippen LogP contribution in [0.5, 0.6) is 11.6 Å². The molecule has 0 fully saturated rings. The highest BCUT2D eigenvalue weighted by Gasteiger charge is 2.28. The molecule has 0 atom stereocenters. The molecular formula is C19H20F2N4O3. The van der Waals surface area contributed by atoms with Gasteiger partial charge in [0, 0.05) is 31.5 Å². The molecule has 3 rings (SSSR count). The van der Waals surface area contributed by atoms with Crippen molar-refractivity contribution in [1.29, 1.82) is 0 Å². The fraction of sp³-hybridized carbons (Fsp3) is 0.316. The van der Waals surface area contributed by atoms with E-state index in [2.05, 4.69) is 15.3 Å². The number of aromatic nitrogens is 3. The summed E-state index contributed by atoms with van der Waals surface area (Å²) in [4.78, 5) is 20.9. The summed E-state index contributed by atoms with van der Waals surface area (Å²) in [5, 5.41) is 2.66. The van der Waals surface area contributed by atoms with E-state index in [-0.39, 0.29) is 28.9 Å². The zero-order valence-electron chi connectivity index (χ0n) is 15.9. The van der Waals surface area contributed by atoms with Crippen molar-refractivity contribution < 1.29 is 23.0 Å². The maximum atomic E-state index is 13.6. The van der Waals surface area contributed by atoms with Gasteiger partial charge in [0.25, 0.3) is 11.8 Å². The fourth-order valence-corrected chi connectivity index (χ4v) is 2.53. The Morgan fingerprint density at radius 1 is 1.25 bits per heavy atom. The second-order valence-electron chi connectivity index (χ2n) is 6.52. The van der Waals surface area contributed by atoms with E-state index in [0.717, 1.165) is 6.92 Å². The molecule has 3 heterocycles. The largest absolute Gasteiger partial charge is 0.490 e. The first-order chi connectivity index (χ1) is 13.2. The molecule has 0 saturated carbocycles. The number of nitrogens with one attached hydrogen (secondary N) is 1. The first-order valence-electron chi connectivity index (χ1n) is 8.57. The Bertz CT molecular complexity index is 1010. The van der Waals surface area contributed by atoms with E-state index in [0.29, 0.717) is 5.88 Å². The standard InChI is InChI=1S/C19H20F2N4O3/c1-11(2)28-13-8-16-22-14(19(3,20)21)10-25(16)9-12(13)18(26)24-15-6-5-7-17(23-15)27-4/h5-11H,1-4H3,(H,23,24,26). The van der Waals surface area contributed by atoms with Crippen molar-refractivity contribution in [3.05, 3.63) is 47.9 Å². The third kappa shape index (κ3) is 4.19. The van der Waals surface area contributed by atoms with E-state index in [1.54, 1.807) is 32.0 Å². The Hall–Kier alpha value is -3.23. The maximum Gasteiger partial charge on any atom is 0.288 e. The number of carbonyl (C=O) groups excluding carboxylic acids is 1. The van der Waals surface area contributed by atoms with Crippen molar-refractivity contribution in [1.82, 2.24) is 14.4 Å². The van der Waals surface area contributed by atoms with Crippen molar-refractivity contribution in [2.75, 3.05) is 12.4 Å². The van der Waals surface area contributed by atoms with Crippen LogP contribution in [0.25, 0.3) is 5.65 Å². The SMILES string of the molecule is COc1cccc(NC(=O)c2cn3cc(C(C)(F)F)nc3cc2OC(C)C)n1. The number of methoxy groups -OCH3 is 1. The summed E-state index contributed by atoms with van der Waals surface area (Å²) in [5.41, 5.74) is 0.0208. The van der Waals surface area contributed by atoms with Crippen LogP contribution in [0.4, 0.5) is 14.6 Å². The molecular weight excluding hydrogens is 370 g/mol. The molecule has 0 aromatic carbocycles. The molecule has 148 valence electrons. The molecule has 0 aliphatic rings. The molecule has 0 unspecified atom stereocenters. The van der Waals surface area contributed by atoms with Crippen molar-refractivity contribution in [2.24, 2.45) is 0 Å². The lowest BCUT2D eigenvalue weighted by molar-refractivity contribution is 0.0133. The predicted octanol–water partition coefficient (Wildman–Crippen LogP) is 3.89. The van der Waals surface area contributed by atoms with Gasteiger partial charge < -0.3 is 19.2 Å². The van der Waals surface area contributed by atoms with Crippen LogP contribution >= 0.6 is 0 Å². The Labute approximate surface area is 160 Å². The van der Waals surface area contributed by atoms with Gasteiger partial charge in [-0.15, -0.1) is 0 Å². The molecule has 3 aromatic heterocycles. The minimum atomic E-state index is -3.10. The lowest BCUT2D eigenvalue weighted by atomic mass is 10.2. The van der Waals surface area contributed by atoms with Crippen LogP contribution < -0.4 is 14.8 Å². The summed E-state index contributed by atoms with van der Waals surface area (Å²) in [6, 6.07) is 6.40. The summed E-state index contributed by atoms with van der Waals surface area (Å²) in [6.45, 7) is 4.36. The molecule has 1 N–H and O–H groups in total. The summed E-state index contributed by atoms with van der Waals surface area (Å²) in [5.74, 6) is -2.74. The first kappa shape index (κ1) is 19.5. The quantitative estimate of drug-likeness (QED) is 0.691. The molecule has 28 heavy (non-hydrogen) atoms. The van der Waals surface area contributed by atoms with Gasteiger partial charge in [0.1, 0.15) is 22.9 Å². The highest BCUT2D eigenvalue weighted by Crippen LogP contribution is 2.29. The van der Waals surface area contributed by atoms with Crippen LogP contribution in [0.2, 0.25) is 0 Å². The van der Waals surface area contributed by atoms with Crippen LogP contribution in [-0.4, -0.2) is 33.5 Å². The van der Waals surface area contributed by atoms with Gasteiger partial charge in [-0.25, -0.2) is 4.98 Å². The number of hydrogen-bond donors (Lipinski definition) is 1. The number of ether oxygens (including phenoxy) is 2. The lowest BCUT2D eigenvalue weighted by Crippen LogP contribution is -2.17. The molecule has 1 amide bonds. The van der Waals surface area contributed by atoms with E-state index in [4.69, 9.17) is 9.47 Å². The second kappa shape index (κ2) is 7.41. The zero-order chi connectivity index (χ0) is 20.5. The van der Waals surface area contributed by atoms with Crippen LogP contribution in [0.15, 0.2) is 36.7 Å². The monoisotopic (exact) mass is 390 g/mol. The number of pyridine rings is 2. The van der Waals surface area contributed by atoms with Crippen LogP contribution in [-0.2, 0) is 5.92 Å². The predicted molar refractivity (Wildman–Crippen MR) is 99.3 cm³/mol. The van der Waals surface area contributed by atoms with E-state index in [1.165, 1.54) is 30.0 Å². The molecule has 0 saturated heterocycles. The van der Waals surface area contributed by atoms with Gasteiger partial charge >= 0.3 is 0 Å². The van der Waals surface area contributed by atoms with Crippen molar-refractivity contribution >= 4 is 17.4 Å². The molecule has 0 radical (unpaired) electrons. The van der Waals surface area contributed by atoms with Gasteiger partial charge in [0.15, 0.2) is 0 Å². The highest BCUT2D eigenvalue weighted by atomic mass is 19.3. The average Bonchev–Trinajstić information content (AvgIpc) is 3.04.